The third-order valence-corrected chi connectivity index (χ3v) is 9.75. The van der Waals surface area contributed by atoms with Crippen LogP contribution in [0.5, 0.6) is 0 Å². The van der Waals surface area contributed by atoms with Crippen LogP contribution in [0.3, 0.4) is 0 Å². The van der Waals surface area contributed by atoms with E-state index in [0.717, 1.165) is 70.6 Å². The maximum Gasteiger partial charge on any atom is 0.472 e. The zero-order valence-corrected chi connectivity index (χ0v) is 35.2. The van der Waals surface area contributed by atoms with Crippen molar-refractivity contribution in [3.63, 3.8) is 0 Å². The zero-order chi connectivity index (χ0) is 40.7. The normalized spacial score (nSPS) is 14.3. The monoisotopic (exact) mass is 798 g/mol. The summed E-state index contributed by atoms with van der Waals surface area (Å²) in [6.07, 6.45) is 41.8. The number of hydrogen-bond donors (Lipinski definition) is 3. The number of phosphoric acid groups is 1. The Labute approximate surface area is 333 Å². The molecule has 0 saturated carbocycles. The molecule has 0 aromatic rings. The molecule has 0 rings (SSSR count). The Morgan fingerprint density at radius 1 is 0.564 bits per heavy atom. The lowest BCUT2D eigenvalue weighted by molar-refractivity contribution is -0.161. The Kier molecular flexibility index (Phi) is 36.5. The predicted molar refractivity (Wildman–Crippen MR) is 222 cm³/mol. The van der Waals surface area contributed by atoms with Gasteiger partial charge in [-0.3, -0.25) is 23.4 Å². The summed E-state index contributed by atoms with van der Waals surface area (Å²) in [4.78, 5) is 45.9. The maximum absolute atomic E-state index is 12.6. The first-order chi connectivity index (χ1) is 26.6. The van der Waals surface area contributed by atoms with Gasteiger partial charge in [0.05, 0.1) is 13.2 Å². The van der Waals surface area contributed by atoms with E-state index in [0.29, 0.717) is 12.8 Å². The van der Waals surface area contributed by atoms with E-state index in [1.807, 2.05) is 0 Å². The van der Waals surface area contributed by atoms with Crippen LogP contribution in [0.1, 0.15) is 174 Å². The Bertz CT molecular complexity index is 1120. The SMILES string of the molecule is CCCCC/C=C\C/C=C\C/C=C\CCCCC(=O)OC[C@H](COP(=O)(O)OC[C@H](N)C(=O)O)OC(=O)CCCCCCC/C=C\CCCCCCCCC. The zero-order valence-electron chi connectivity index (χ0n) is 34.3. The minimum atomic E-state index is -4.73. The third-order valence-electron chi connectivity index (χ3n) is 8.80. The second kappa shape index (κ2) is 38.3. The molecular weight excluding hydrogens is 721 g/mol. The quantitative estimate of drug-likeness (QED) is 0.0234. The first-order valence-electron chi connectivity index (χ1n) is 21.2. The van der Waals surface area contributed by atoms with Crippen molar-refractivity contribution >= 4 is 25.7 Å². The molecule has 4 N–H and O–H groups in total. The summed E-state index contributed by atoms with van der Waals surface area (Å²) in [5.41, 5.74) is 5.32. The molecule has 0 aliphatic rings. The van der Waals surface area contributed by atoms with Crippen LogP contribution in [0.2, 0.25) is 0 Å². The van der Waals surface area contributed by atoms with Crippen molar-refractivity contribution in [2.75, 3.05) is 19.8 Å². The Morgan fingerprint density at radius 3 is 1.53 bits per heavy atom. The summed E-state index contributed by atoms with van der Waals surface area (Å²) < 4.78 is 32.6. The van der Waals surface area contributed by atoms with Crippen LogP contribution < -0.4 is 5.73 Å². The molecule has 0 fully saturated rings. The molecule has 1 unspecified atom stereocenters. The first kappa shape index (κ1) is 52.4. The van der Waals surface area contributed by atoms with Crippen LogP contribution in [0, 0.1) is 0 Å². The van der Waals surface area contributed by atoms with E-state index in [4.69, 9.17) is 24.8 Å². The summed E-state index contributed by atoms with van der Waals surface area (Å²) in [5, 5.41) is 8.88. The summed E-state index contributed by atoms with van der Waals surface area (Å²) in [6, 6.07) is -1.53. The van der Waals surface area contributed by atoms with Gasteiger partial charge in [-0.25, -0.2) is 4.57 Å². The van der Waals surface area contributed by atoms with Crippen molar-refractivity contribution in [1.82, 2.24) is 0 Å². The molecule has 0 aliphatic carbocycles. The minimum Gasteiger partial charge on any atom is -0.480 e. The average molecular weight is 798 g/mol. The van der Waals surface area contributed by atoms with Crippen molar-refractivity contribution in [3.8, 4) is 0 Å². The number of carboxylic acid groups (broad SMARTS) is 1. The van der Waals surface area contributed by atoms with E-state index in [1.54, 1.807) is 0 Å². The second-order valence-corrected chi connectivity index (χ2v) is 15.6. The fourth-order valence-corrected chi connectivity index (χ4v) is 6.20. The molecule has 55 heavy (non-hydrogen) atoms. The molecule has 0 aliphatic heterocycles. The number of hydrogen-bond acceptors (Lipinski definition) is 9. The predicted octanol–water partition coefficient (Wildman–Crippen LogP) is 11.0. The average Bonchev–Trinajstić information content (AvgIpc) is 3.16. The van der Waals surface area contributed by atoms with Crippen LogP contribution in [-0.2, 0) is 37.5 Å². The number of unbranched alkanes of at least 4 members (excludes halogenated alkanes) is 17. The number of allylic oxidation sites excluding steroid dienone is 8. The van der Waals surface area contributed by atoms with Gasteiger partial charge in [0.2, 0.25) is 0 Å². The van der Waals surface area contributed by atoms with Gasteiger partial charge in [-0.1, -0.05) is 133 Å². The lowest BCUT2D eigenvalue weighted by Gasteiger charge is -2.20. The molecule has 0 spiro atoms. The maximum atomic E-state index is 12.6. The topological polar surface area (TPSA) is 172 Å². The molecule has 3 atom stereocenters. The van der Waals surface area contributed by atoms with E-state index in [1.165, 1.54) is 64.2 Å². The summed E-state index contributed by atoms with van der Waals surface area (Å²) in [5.74, 6) is -2.44. The summed E-state index contributed by atoms with van der Waals surface area (Å²) in [7, 11) is -4.73. The molecule has 0 saturated heterocycles. The molecule has 0 amide bonds. The molecular formula is C43H76NO10P. The van der Waals surface area contributed by atoms with Crippen molar-refractivity contribution < 1.29 is 47.5 Å². The van der Waals surface area contributed by atoms with Gasteiger partial charge in [-0.05, 0) is 77.0 Å². The number of rotatable bonds is 39. The number of nitrogens with two attached hydrogens (primary N) is 1. The second-order valence-electron chi connectivity index (χ2n) is 14.1. The third kappa shape index (κ3) is 38.1. The smallest absolute Gasteiger partial charge is 0.472 e. The van der Waals surface area contributed by atoms with Gasteiger partial charge >= 0.3 is 25.7 Å². The van der Waals surface area contributed by atoms with E-state index >= 15 is 0 Å². The Morgan fingerprint density at radius 2 is 0.964 bits per heavy atom. The summed E-state index contributed by atoms with van der Waals surface area (Å²) >= 11 is 0. The highest BCUT2D eigenvalue weighted by Gasteiger charge is 2.28. The number of carbonyl (C=O) groups excluding carboxylic acids is 2. The molecule has 0 aromatic carbocycles. The van der Waals surface area contributed by atoms with Crippen LogP contribution >= 0.6 is 7.82 Å². The number of phosphoric ester groups is 1. The van der Waals surface area contributed by atoms with Crippen LogP contribution in [0.4, 0.5) is 0 Å². The lowest BCUT2D eigenvalue weighted by atomic mass is 10.1. The van der Waals surface area contributed by atoms with Crippen LogP contribution in [0.15, 0.2) is 48.6 Å². The minimum absolute atomic E-state index is 0.142. The number of carboxylic acids is 1. The van der Waals surface area contributed by atoms with Crippen molar-refractivity contribution in [3.05, 3.63) is 48.6 Å². The molecule has 12 heteroatoms. The fourth-order valence-electron chi connectivity index (χ4n) is 5.42. The summed E-state index contributed by atoms with van der Waals surface area (Å²) in [6.45, 7) is 2.71. The largest absolute Gasteiger partial charge is 0.480 e. The number of aliphatic carboxylic acids is 1. The van der Waals surface area contributed by atoms with E-state index < -0.39 is 51.1 Å². The van der Waals surface area contributed by atoms with Gasteiger partial charge in [0.25, 0.3) is 0 Å². The highest BCUT2D eigenvalue weighted by molar-refractivity contribution is 7.47. The fraction of sp³-hybridized carbons (Fsp3) is 0.744. The van der Waals surface area contributed by atoms with E-state index in [9.17, 15) is 23.8 Å². The van der Waals surface area contributed by atoms with Gasteiger partial charge in [0.15, 0.2) is 6.10 Å². The number of esters is 2. The van der Waals surface area contributed by atoms with Crippen molar-refractivity contribution in [2.24, 2.45) is 5.73 Å². The van der Waals surface area contributed by atoms with Crippen molar-refractivity contribution in [2.45, 2.75) is 187 Å². The van der Waals surface area contributed by atoms with Gasteiger partial charge in [0.1, 0.15) is 12.6 Å². The standard InChI is InChI=1S/C43H76NO10P/c1-3-5-7-9-11-13-15-17-19-21-23-25-27-29-31-33-35-42(46)54-39(37-52-55(49,50)53-38-40(44)43(47)48)36-51-41(45)34-32-30-28-26-24-22-20-18-16-14-12-10-8-6-4-2/h12,14,18-21,24,26,39-40H,3-11,13,15-17,22-23,25,27-38,44H2,1-2H3,(H,47,48)(H,49,50)/b14-12-,20-18-,21-19-,26-24-/t39-,40+/m1/s1. The van der Waals surface area contributed by atoms with E-state index in [-0.39, 0.29) is 19.4 Å². The van der Waals surface area contributed by atoms with Crippen molar-refractivity contribution in [1.29, 1.82) is 0 Å². The molecule has 0 radical (unpaired) electrons. The number of carbonyl (C=O) groups is 3. The van der Waals surface area contributed by atoms with Gasteiger partial charge in [-0.2, -0.15) is 0 Å². The van der Waals surface area contributed by atoms with Gasteiger partial charge < -0.3 is 25.2 Å². The highest BCUT2D eigenvalue weighted by atomic mass is 31.2. The molecule has 11 nitrogen and oxygen atoms in total. The Hall–Kier alpha value is -2.56. The molecule has 0 heterocycles. The lowest BCUT2D eigenvalue weighted by Crippen LogP contribution is -2.34. The first-order valence-corrected chi connectivity index (χ1v) is 22.7. The molecule has 0 bridgehead atoms. The molecule has 0 aromatic heterocycles. The van der Waals surface area contributed by atoms with Gasteiger partial charge in [-0.15, -0.1) is 0 Å². The highest BCUT2D eigenvalue weighted by Crippen LogP contribution is 2.43. The molecule has 318 valence electrons. The van der Waals surface area contributed by atoms with Gasteiger partial charge in [0, 0.05) is 12.8 Å². The van der Waals surface area contributed by atoms with Crippen LogP contribution in [0.25, 0.3) is 0 Å². The Balaban J connectivity index is 4.47. The van der Waals surface area contributed by atoms with E-state index in [2.05, 4.69) is 67.0 Å². The number of ether oxygens (including phenoxy) is 2. The van der Waals surface area contributed by atoms with Crippen LogP contribution in [-0.4, -0.2) is 59.9 Å².